The predicted molar refractivity (Wildman–Crippen MR) is 56.6 cm³/mol. The Morgan fingerprint density at radius 2 is 1.93 bits per heavy atom. The molecule has 0 fully saturated rings. The van der Waals surface area contributed by atoms with Gasteiger partial charge in [0.25, 0.3) is 10.0 Å². The van der Waals surface area contributed by atoms with Gasteiger partial charge in [-0.1, -0.05) is 31.5 Å². The van der Waals surface area contributed by atoms with Crippen LogP contribution in [0.4, 0.5) is 0 Å². The summed E-state index contributed by atoms with van der Waals surface area (Å²) in [5.41, 5.74) is 0. The molecule has 15 heavy (non-hydrogen) atoms. The smallest absolute Gasteiger partial charge is 0.267 e. The molecular formula is C10H14NO3S. The lowest BCUT2D eigenvalue weighted by molar-refractivity contribution is 0.0839. The van der Waals surface area contributed by atoms with Crippen molar-refractivity contribution in [2.75, 3.05) is 6.61 Å². The summed E-state index contributed by atoms with van der Waals surface area (Å²) >= 11 is 0. The summed E-state index contributed by atoms with van der Waals surface area (Å²) in [6.45, 7) is 2.33. The Hall–Kier alpha value is -0.910. The van der Waals surface area contributed by atoms with Crippen LogP contribution in [0.5, 0.6) is 0 Å². The molecule has 4 nitrogen and oxygen atoms in total. The topological polar surface area (TPSA) is 57.5 Å². The van der Waals surface area contributed by atoms with E-state index < -0.39 is 10.0 Å². The first-order chi connectivity index (χ1) is 7.17. The second kappa shape index (κ2) is 5.85. The molecule has 83 valence electrons. The average Bonchev–Trinajstić information content (AvgIpc) is 2.26. The van der Waals surface area contributed by atoms with E-state index in [1.807, 2.05) is 6.92 Å². The first-order valence-electron chi connectivity index (χ1n) is 4.81. The van der Waals surface area contributed by atoms with Crippen molar-refractivity contribution in [1.29, 1.82) is 0 Å². The third-order valence-corrected chi connectivity index (χ3v) is 2.95. The van der Waals surface area contributed by atoms with Crippen LogP contribution in [0.1, 0.15) is 19.8 Å². The first kappa shape index (κ1) is 12.2. The van der Waals surface area contributed by atoms with E-state index in [1.54, 1.807) is 18.2 Å². The molecule has 5 heteroatoms. The highest BCUT2D eigenvalue weighted by atomic mass is 32.2. The fourth-order valence-corrected chi connectivity index (χ4v) is 1.75. The molecular weight excluding hydrogens is 214 g/mol. The zero-order valence-corrected chi connectivity index (χ0v) is 9.40. The quantitative estimate of drug-likeness (QED) is 0.550. The third kappa shape index (κ3) is 3.99. The molecule has 1 radical (unpaired) electrons. The van der Waals surface area contributed by atoms with Crippen LogP contribution in [-0.2, 0) is 14.9 Å². The Labute approximate surface area is 90.3 Å². The summed E-state index contributed by atoms with van der Waals surface area (Å²) in [7, 11) is -3.64. The van der Waals surface area contributed by atoms with E-state index in [-0.39, 0.29) is 4.90 Å². The molecule has 0 N–H and O–H groups in total. The van der Waals surface area contributed by atoms with Crippen molar-refractivity contribution in [3.05, 3.63) is 30.3 Å². The number of hydrogen-bond acceptors (Lipinski definition) is 3. The number of nitrogens with zero attached hydrogens (tertiary/aromatic N) is 1. The summed E-state index contributed by atoms with van der Waals surface area (Å²) in [6.07, 6.45) is 1.74. The number of unbranched alkanes of at least 4 members (excludes halogenated alkanes) is 1. The standard InChI is InChI=1S/C10H14NO3S/c1-2-3-9-14-11-15(12,13)10-7-5-4-6-8-10/h4-8H,2-3,9H2,1H3. The monoisotopic (exact) mass is 228 g/mol. The Morgan fingerprint density at radius 1 is 1.27 bits per heavy atom. The zero-order valence-electron chi connectivity index (χ0n) is 8.59. The molecule has 0 aliphatic rings. The lowest BCUT2D eigenvalue weighted by Crippen LogP contribution is -2.17. The van der Waals surface area contributed by atoms with Crippen molar-refractivity contribution in [3.8, 4) is 0 Å². The van der Waals surface area contributed by atoms with Gasteiger partial charge in [0.2, 0.25) is 0 Å². The summed E-state index contributed by atoms with van der Waals surface area (Å²) in [5.74, 6) is 0. The molecule has 0 bridgehead atoms. The average molecular weight is 228 g/mol. The van der Waals surface area contributed by atoms with Gasteiger partial charge in [-0.05, 0) is 18.6 Å². The van der Waals surface area contributed by atoms with E-state index in [2.05, 4.69) is 4.89 Å². The molecule has 0 amide bonds. The first-order valence-corrected chi connectivity index (χ1v) is 6.25. The van der Waals surface area contributed by atoms with E-state index in [0.29, 0.717) is 6.61 Å². The molecule has 0 spiro atoms. The summed E-state index contributed by atoms with van der Waals surface area (Å²) in [5, 5.41) is 0. The Kier molecular flexibility index (Phi) is 4.74. The van der Waals surface area contributed by atoms with E-state index in [1.165, 1.54) is 12.1 Å². The summed E-state index contributed by atoms with van der Waals surface area (Å²) in [6, 6.07) is 8.02. The van der Waals surface area contributed by atoms with Gasteiger partial charge in [-0.25, -0.2) is 8.42 Å². The minimum atomic E-state index is -3.64. The normalized spacial score (nSPS) is 11.5. The minimum Gasteiger partial charge on any atom is -0.267 e. The number of rotatable bonds is 6. The van der Waals surface area contributed by atoms with Crippen LogP contribution in [0.25, 0.3) is 0 Å². The second-order valence-corrected chi connectivity index (χ2v) is 4.62. The lowest BCUT2D eigenvalue weighted by atomic mass is 10.4. The molecule has 0 aromatic heterocycles. The van der Waals surface area contributed by atoms with Crippen molar-refractivity contribution in [2.45, 2.75) is 24.7 Å². The van der Waals surface area contributed by atoms with Gasteiger partial charge in [0.15, 0.2) is 0 Å². The highest BCUT2D eigenvalue weighted by Crippen LogP contribution is 2.08. The Morgan fingerprint density at radius 3 is 2.53 bits per heavy atom. The van der Waals surface area contributed by atoms with E-state index in [4.69, 9.17) is 4.84 Å². The Bertz CT molecular complexity index is 375. The van der Waals surface area contributed by atoms with E-state index in [0.717, 1.165) is 12.8 Å². The van der Waals surface area contributed by atoms with Crippen LogP contribution < -0.4 is 4.89 Å². The molecule has 1 aromatic carbocycles. The maximum absolute atomic E-state index is 11.5. The Balaban J connectivity index is 2.53. The van der Waals surface area contributed by atoms with Crippen LogP contribution in [0.15, 0.2) is 35.2 Å². The van der Waals surface area contributed by atoms with Crippen LogP contribution in [0.3, 0.4) is 0 Å². The second-order valence-electron chi connectivity index (χ2n) is 3.05. The predicted octanol–water partition coefficient (Wildman–Crippen LogP) is 1.71. The van der Waals surface area contributed by atoms with Gasteiger partial charge in [-0.15, -0.1) is 0 Å². The molecule has 0 unspecified atom stereocenters. The molecule has 0 aliphatic carbocycles. The van der Waals surface area contributed by atoms with Crippen LogP contribution in [-0.4, -0.2) is 15.0 Å². The van der Waals surface area contributed by atoms with Gasteiger partial charge >= 0.3 is 0 Å². The van der Waals surface area contributed by atoms with Gasteiger partial charge in [0.1, 0.15) is 0 Å². The van der Waals surface area contributed by atoms with Gasteiger partial charge in [0.05, 0.1) is 11.5 Å². The van der Waals surface area contributed by atoms with Crippen LogP contribution >= 0.6 is 0 Å². The number of hydrogen-bond donors (Lipinski definition) is 0. The molecule has 0 heterocycles. The molecule has 0 saturated carbocycles. The maximum atomic E-state index is 11.5. The number of sulfonamides is 1. The highest BCUT2D eigenvalue weighted by Gasteiger charge is 2.15. The van der Waals surface area contributed by atoms with Gasteiger partial charge in [-0.3, -0.25) is 4.84 Å². The third-order valence-electron chi connectivity index (χ3n) is 1.78. The SMILES string of the molecule is CCCCO[N]S(=O)(=O)c1ccccc1. The minimum absolute atomic E-state index is 0.154. The van der Waals surface area contributed by atoms with Crippen LogP contribution in [0.2, 0.25) is 0 Å². The largest absolute Gasteiger partial charge is 0.281 e. The van der Waals surface area contributed by atoms with E-state index in [9.17, 15) is 8.42 Å². The van der Waals surface area contributed by atoms with Gasteiger partial charge < -0.3 is 0 Å². The van der Waals surface area contributed by atoms with Crippen molar-refractivity contribution in [1.82, 2.24) is 4.89 Å². The fraction of sp³-hybridized carbons (Fsp3) is 0.400. The molecule has 1 aromatic rings. The van der Waals surface area contributed by atoms with Crippen LogP contribution in [0, 0.1) is 0 Å². The fourth-order valence-electron chi connectivity index (χ4n) is 0.951. The summed E-state index contributed by atoms with van der Waals surface area (Å²) < 4.78 is 23.0. The van der Waals surface area contributed by atoms with Gasteiger partial charge in [-0.2, -0.15) is 0 Å². The molecule has 1 rings (SSSR count). The van der Waals surface area contributed by atoms with Crippen molar-refractivity contribution in [2.24, 2.45) is 0 Å². The van der Waals surface area contributed by atoms with Crippen molar-refractivity contribution >= 4 is 10.0 Å². The number of benzene rings is 1. The lowest BCUT2D eigenvalue weighted by Gasteiger charge is -2.03. The molecule has 0 atom stereocenters. The highest BCUT2D eigenvalue weighted by molar-refractivity contribution is 7.89. The maximum Gasteiger partial charge on any atom is 0.281 e. The van der Waals surface area contributed by atoms with Crippen molar-refractivity contribution < 1.29 is 13.3 Å². The van der Waals surface area contributed by atoms with Gasteiger partial charge in [0, 0.05) is 4.89 Å². The summed E-state index contributed by atoms with van der Waals surface area (Å²) in [4.78, 5) is 8.12. The van der Waals surface area contributed by atoms with Crippen molar-refractivity contribution in [3.63, 3.8) is 0 Å². The zero-order chi connectivity index (χ0) is 11.1. The van der Waals surface area contributed by atoms with E-state index >= 15 is 0 Å². The molecule has 0 saturated heterocycles. The molecule has 0 aliphatic heterocycles.